The van der Waals surface area contributed by atoms with Gasteiger partial charge in [0, 0.05) is 6.54 Å². The summed E-state index contributed by atoms with van der Waals surface area (Å²) in [7, 11) is -7.07. The van der Waals surface area contributed by atoms with Crippen molar-refractivity contribution in [3.05, 3.63) is 17.9 Å². The minimum absolute atomic E-state index is 0.106. The summed E-state index contributed by atoms with van der Waals surface area (Å²) in [4.78, 5) is 0. The van der Waals surface area contributed by atoms with Crippen LogP contribution >= 0.6 is 0 Å². The largest absolute Gasteiger partial charge is 0.446 e. The van der Waals surface area contributed by atoms with Crippen LogP contribution in [0.5, 0.6) is 0 Å². The Morgan fingerprint density at radius 1 is 1.42 bits per heavy atom. The van der Waals surface area contributed by atoms with Crippen LogP contribution in [0.1, 0.15) is 18.6 Å². The van der Waals surface area contributed by atoms with Crippen LogP contribution in [0.25, 0.3) is 0 Å². The molecule has 1 fully saturated rings. The summed E-state index contributed by atoms with van der Waals surface area (Å²) in [5.74, 6) is 0.239. The number of hydrogen-bond acceptors (Lipinski definition) is 6. The molecule has 0 aliphatic carbocycles. The second kappa shape index (κ2) is 5.23. The standard InChI is InChI=1S/C10H15NO6S2/c12-7-8-3-4-10(17-8)19(15,16)11-6-9-2-1-5-18(9,13)14/h3-4,9,11-12H,1-2,5-7H2. The van der Waals surface area contributed by atoms with Crippen LogP contribution < -0.4 is 4.72 Å². The molecule has 1 aliphatic rings. The highest BCUT2D eigenvalue weighted by Gasteiger charge is 2.32. The molecule has 0 amide bonds. The van der Waals surface area contributed by atoms with Gasteiger partial charge in [-0.25, -0.2) is 21.6 Å². The van der Waals surface area contributed by atoms with Gasteiger partial charge in [0.1, 0.15) is 12.4 Å². The molecule has 1 unspecified atom stereocenters. The molecular weight excluding hydrogens is 294 g/mol. The van der Waals surface area contributed by atoms with Gasteiger partial charge < -0.3 is 9.52 Å². The summed E-state index contributed by atoms with van der Waals surface area (Å²) in [5, 5.41) is 7.80. The molecule has 9 heteroatoms. The monoisotopic (exact) mass is 309 g/mol. The van der Waals surface area contributed by atoms with Crippen molar-refractivity contribution >= 4 is 19.9 Å². The maximum absolute atomic E-state index is 11.8. The smallest absolute Gasteiger partial charge is 0.273 e. The van der Waals surface area contributed by atoms with E-state index in [4.69, 9.17) is 9.52 Å². The van der Waals surface area contributed by atoms with Gasteiger partial charge in [-0.2, -0.15) is 0 Å². The summed E-state index contributed by atoms with van der Waals surface area (Å²) in [5.41, 5.74) is 0. The van der Waals surface area contributed by atoms with E-state index < -0.39 is 31.7 Å². The first kappa shape index (κ1) is 14.5. The molecule has 19 heavy (non-hydrogen) atoms. The Kier molecular flexibility index (Phi) is 4.00. The van der Waals surface area contributed by atoms with Crippen molar-refractivity contribution < 1.29 is 26.4 Å². The topological polar surface area (TPSA) is 114 Å². The molecule has 1 aromatic heterocycles. The van der Waals surface area contributed by atoms with E-state index in [1.807, 2.05) is 0 Å². The molecule has 2 N–H and O–H groups in total. The van der Waals surface area contributed by atoms with Crippen molar-refractivity contribution in [3.63, 3.8) is 0 Å². The quantitative estimate of drug-likeness (QED) is 0.767. The van der Waals surface area contributed by atoms with E-state index in [-0.39, 0.29) is 23.2 Å². The first-order chi connectivity index (χ1) is 8.85. The lowest BCUT2D eigenvalue weighted by Gasteiger charge is -2.09. The van der Waals surface area contributed by atoms with E-state index in [1.165, 1.54) is 12.1 Å². The second-order valence-corrected chi connectivity index (χ2v) is 8.46. The molecule has 1 aliphatic heterocycles. The van der Waals surface area contributed by atoms with Gasteiger partial charge in [0.05, 0.1) is 11.0 Å². The lowest BCUT2D eigenvalue weighted by Crippen LogP contribution is -2.34. The molecule has 1 atom stereocenters. The van der Waals surface area contributed by atoms with Crippen molar-refractivity contribution in [1.82, 2.24) is 4.72 Å². The fourth-order valence-corrected chi connectivity index (χ4v) is 4.85. The molecule has 0 radical (unpaired) electrons. The van der Waals surface area contributed by atoms with Gasteiger partial charge in [-0.15, -0.1) is 0 Å². The zero-order valence-corrected chi connectivity index (χ0v) is 11.7. The van der Waals surface area contributed by atoms with Gasteiger partial charge in [0.25, 0.3) is 10.0 Å². The lowest BCUT2D eigenvalue weighted by atomic mass is 10.2. The van der Waals surface area contributed by atoms with Crippen LogP contribution in [0.2, 0.25) is 0 Å². The highest BCUT2D eigenvalue weighted by atomic mass is 32.2. The van der Waals surface area contributed by atoms with E-state index in [0.717, 1.165) is 0 Å². The first-order valence-electron chi connectivity index (χ1n) is 5.76. The van der Waals surface area contributed by atoms with Crippen LogP contribution in [0.4, 0.5) is 0 Å². The highest BCUT2D eigenvalue weighted by Crippen LogP contribution is 2.20. The van der Waals surface area contributed by atoms with E-state index in [0.29, 0.717) is 12.8 Å². The summed E-state index contributed by atoms with van der Waals surface area (Å²) in [6, 6.07) is 2.57. The van der Waals surface area contributed by atoms with Crippen molar-refractivity contribution in [3.8, 4) is 0 Å². The number of aliphatic hydroxyl groups excluding tert-OH is 1. The fraction of sp³-hybridized carbons (Fsp3) is 0.600. The Morgan fingerprint density at radius 2 is 2.16 bits per heavy atom. The van der Waals surface area contributed by atoms with Crippen LogP contribution in [0.15, 0.2) is 21.6 Å². The van der Waals surface area contributed by atoms with Crippen molar-refractivity contribution in [2.45, 2.75) is 29.8 Å². The predicted octanol–water partition coefficient (Wildman–Crippen LogP) is -0.373. The zero-order valence-electron chi connectivity index (χ0n) is 10.1. The van der Waals surface area contributed by atoms with Crippen LogP contribution in [-0.2, 0) is 26.5 Å². The van der Waals surface area contributed by atoms with Gasteiger partial charge in [-0.05, 0) is 25.0 Å². The number of aliphatic hydroxyl groups is 1. The molecule has 1 aromatic rings. The Morgan fingerprint density at radius 3 is 2.68 bits per heavy atom. The molecule has 0 bridgehead atoms. The van der Waals surface area contributed by atoms with Gasteiger partial charge >= 0.3 is 0 Å². The molecule has 0 spiro atoms. The summed E-state index contributed by atoms with van der Waals surface area (Å²) < 4.78 is 54.0. The van der Waals surface area contributed by atoms with Gasteiger partial charge in [0.2, 0.25) is 5.09 Å². The summed E-state index contributed by atoms with van der Waals surface area (Å²) in [6.07, 6.45) is 1.02. The highest BCUT2D eigenvalue weighted by molar-refractivity contribution is 7.92. The molecule has 1 saturated heterocycles. The third kappa shape index (κ3) is 3.16. The van der Waals surface area contributed by atoms with Crippen LogP contribution in [0.3, 0.4) is 0 Å². The zero-order chi connectivity index (χ0) is 14.1. The average molecular weight is 309 g/mol. The van der Waals surface area contributed by atoms with Crippen LogP contribution in [0, 0.1) is 0 Å². The van der Waals surface area contributed by atoms with Gasteiger partial charge in [0.15, 0.2) is 9.84 Å². The maximum atomic E-state index is 11.8. The Balaban J connectivity index is 2.06. The maximum Gasteiger partial charge on any atom is 0.273 e. The van der Waals surface area contributed by atoms with E-state index in [1.54, 1.807) is 0 Å². The number of sulfonamides is 1. The van der Waals surface area contributed by atoms with Crippen molar-refractivity contribution in [2.75, 3.05) is 12.3 Å². The third-order valence-electron chi connectivity index (χ3n) is 3.02. The number of sulfone groups is 1. The minimum Gasteiger partial charge on any atom is -0.446 e. The molecule has 0 aromatic carbocycles. The molecular formula is C10H15NO6S2. The SMILES string of the molecule is O=S(=O)(NCC1CCCS1(=O)=O)c1ccc(CO)o1. The number of hydrogen-bond donors (Lipinski definition) is 2. The molecule has 2 rings (SSSR count). The predicted molar refractivity (Wildman–Crippen MR) is 66.6 cm³/mol. The lowest BCUT2D eigenvalue weighted by molar-refractivity contribution is 0.236. The van der Waals surface area contributed by atoms with Crippen molar-refractivity contribution in [2.24, 2.45) is 0 Å². The molecule has 0 saturated carbocycles. The fourth-order valence-electron chi connectivity index (χ4n) is 1.95. The van der Waals surface area contributed by atoms with Crippen molar-refractivity contribution in [1.29, 1.82) is 0 Å². The van der Waals surface area contributed by atoms with Gasteiger partial charge in [-0.1, -0.05) is 0 Å². The third-order valence-corrected chi connectivity index (χ3v) is 6.59. The Labute approximate surface area is 111 Å². The molecule has 7 nitrogen and oxygen atoms in total. The average Bonchev–Trinajstić information content (AvgIpc) is 2.93. The number of nitrogens with one attached hydrogen (secondary N) is 1. The minimum atomic E-state index is -3.88. The second-order valence-electron chi connectivity index (χ2n) is 4.36. The summed E-state index contributed by atoms with van der Waals surface area (Å²) >= 11 is 0. The molecule has 108 valence electrons. The van der Waals surface area contributed by atoms with E-state index in [2.05, 4.69) is 4.72 Å². The molecule has 2 heterocycles. The normalized spacial score (nSPS) is 22.7. The Bertz CT molecular complexity index is 645. The Hall–Kier alpha value is -0.900. The van der Waals surface area contributed by atoms with Gasteiger partial charge in [-0.3, -0.25) is 0 Å². The first-order valence-corrected chi connectivity index (χ1v) is 8.96. The number of rotatable bonds is 5. The van der Waals surface area contributed by atoms with E-state index >= 15 is 0 Å². The number of furan rings is 1. The summed E-state index contributed by atoms with van der Waals surface area (Å²) in [6.45, 7) is -0.549. The van der Waals surface area contributed by atoms with Crippen LogP contribution in [-0.4, -0.2) is 39.5 Å². The van der Waals surface area contributed by atoms with E-state index in [9.17, 15) is 16.8 Å².